The topological polar surface area (TPSA) is 40.5 Å². The first-order valence-corrected chi connectivity index (χ1v) is 6.90. The van der Waals surface area contributed by atoms with Crippen molar-refractivity contribution in [2.75, 3.05) is 6.54 Å². The average Bonchev–Trinajstić information content (AvgIpc) is 2.41. The van der Waals surface area contributed by atoms with Gasteiger partial charge in [-0.2, -0.15) is 0 Å². The van der Waals surface area contributed by atoms with Gasteiger partial charge in [0, 0.05) is 18.7 Å². The van der Waals surface area contributed by atoms with Crippen molar-refractivity contribution in [3.05, 3.63) is 41.2 Å². The molecule has 1 unspecified atom stereocenters. The Morgan fingerprint density at radius 2 is 2.10 bits per heavy atom. The first-order valence-electron chi connectivity index (χ1n) is 6.90. The van der Waals surface area contributed by atoms with E-state index in [9.17, 15) is 9.18 Å². The van der Waals surface area contributed by atoms with Gasteiger partial charge >= 0.3 is 5.97 Å². The Balaban J connectivity index is 2.92. The summed E-state index contributed by atoms with van der Waals surface area (Å²) >= 11 is 0. The van der Waals surface area contributed by atoms with Crippen LogP contribution in [0, 0.1) is 5.82 Å². The van der Waals surface area contributed by atoms with Gasteiger partial charge in [-0.15, -0.1) is 0 Å². The van der Waals surface area contributed by atoms with E-state index in [-0.39, 0.29) is 5.82 Å². The van der Waals surface area contributed by atoms with Crippen LogP contribution in [0.3, 0.4) is 0 Å². The third-order valence-electron chi connectivity index (χ3n) is 3.40. The van der Waals surface area contributed by atoms with Crippen molar-refractivity contribution in [3.8, 4) is 0 Å². The molecular weight excluding hydrogens is 257 g/mol. The third kappa shape index (κ3) is 5.13. The SMILES string of the molecule is CCC(C)N(CC)Cc1cc(F)cc(C=CC(=O)O)c1. The molecule has 0 heterocycles. The predicted octanol–water partition coefficient (Wildman–Crippen LogP) is 3.54. The fourth-order valence-corrected chi connectivity index (χ4v) is 2.10. The van der Waals surface area contributed by atoms with Crippen molar-refractivity contribution >= 4 is 12.0 Å². The molecule has 0 bridgehead atoms. The number of carbonyl (C=O) groups is 1. The van der Waals surface area contributed by atoms with Crippen molar-refractivity contribution in [3.63, 3.8) is 0 Å². The van der Waals surface area contributed by atoms with E-state index in [1.807, 2.05) is 6.07 Å². The minimum absolute atomic E-state index is 0.340. The molecule has 1 aromatic carbocycles. The zero-order valence-corrected chi connectivity index (χ0v) is 12.3. The van der Waals surface area contributed by atoms with E-state index >= 15 is 0 Å². The summed E-state index contributed by atoms with van der Waals surface area (Å²) < 4.78 is 13.6. The summed E-state index contributed by atoms with van der Waals surface area (Å²) in [6, 6.07) is 5.10. The Morgan fingerprint density at radius 3 is 2.65 bits per heavy atom. The van der Waals surface area contributed by atoms with Crippen molar-refractivity contribution in [1.29, 1.82) is 0 Å². The number of hydrogen-bond acceptors (Lipinski definition) is 2. The highest BCUT2D eigenvalue weighted by atomic mass is 19.1. The molecule has 4 heteroatoms. The molecular formula is C16H22FNO2. The Kier molecular flexibility index (Phi) is 6.39. The number of nitrogens with zero attached hydrogens (tertiary/aromatic N) is 1. The van der Waals surface area contributed by atoms with Gasteiger partial charge in [0.25, 0.3) is 0 Å². The van der Waals surface area contributed by atoms with Crippen LogP contribution in [-0.2, 0) is 11.3 Å². The fourth-order valence-electron chi connectivity index (χ4n) is 2.10. The van der Waals surface area contributed by atoms with E-state index < -0.39 is 5.97 Å². The first-order chi connectivity index (χ1) is 9.46. The molecule has 20 heavy (non-hydrogen) atoms. The van der Waals surface area contributed by atoms with Gasteiger partial charge in [-0.25, -0.2) is 9.18 Å². The Morgan fingerprint density at radius 1 is 1.40 bits per heavy atom. The summed E-state index contributed by atoms with van der Waals surface area (Å²) in [5, 5.41) is 8.61. The van der Waals surface area contributed by atoms with Crippen molar-refractivity contribution in [1.82, 2.24) is 4.90 Å². The molecule has 110 valence electrons. The van der Waals surface area contributed by atoms with Crippen LogP contribution in [0.2, 0.25) is 0 Å². The second-order valence-corrected chi connectivity index (χ2v) is 4.88. The second kappa shape index (κ2) is 7.80. The second-order valence-electron chi connectivity index (χ2n) is 4.88. The molecule has 0 aliphatic heterocycles. The van der Waals surface area contributed by atoms with Crippen molar-refractivity contribution in [2.45, 2.75) is 39.8 Å². The number of halogens is 1. The number of carboxylic acid groups (broad SMARTS) is 1. The Hall–Kier alpha value is -1.68. The summed E-state index contributed by atoms with van der Waals surface area (Å²) in [6.07, 6.45) is 3.47. The Labute approximate surface area is 119 Å². The van der Waals surface area contributed by atoms with Crippen LogP contribution in [-0.4, -0.2) is 28.6 Å². The summed E-state index contributed by atoms with van der Waals surface area (Å²) in [4.78, 5) is 12.8. The van der Waals surface area contributed by atoms with Crippen LogP contribution in [0.1, 0.15) is 38.3 Å². The van der Waals surface area contributed by atoms with Crippen LogP contribution >= 0.6 is 0 Å². The van der Waals surface area contributed by atoms with Crippen molar-refractivity contribution < 1.29 is 14.3 Å². The van der Waals surface area contributed by atoms with Gasteiger partial charge in [0.05, 0.1) is 0 Å². The van der Waals surface area contributed by atoms with Gasteiger partial charge in [-0.05, 0) is 49.2 Å². The van der Waals surface area contributed by atoms with E-state index in [1.165, 1.54) is 18.2 Å². The summed E-state index contributed by atoms with van der Waals surface area (Å²) in [6.45, 7) is 7.91. The maximum absolute atomic E-state index is 13.6. The Bertz CT molecular complexity index is 485. The number of carboxylic acids is 1. The van der Waals surface area contributed by atoms with Gasteiger partial charge in [0.1, 0.15) is 5.82 Å². The summed E-state index contributed by atoms with van der Waals surface area (Å²) in [7, 11) is 0. The fraction of sp³-hybridized carbons (Fsp3) is 0.438. The lowest BCUT2D eigenvalue weighted by Crippen LogP contribution is -2.31. The molecule has 1 aromatic rings. The largest absolute Gasteiger partial charge is 0.478 e. The zero-order chi connectivity index (χ0) is 15.1. The highest BCUT2D eigenvalue weighted by Crippen LogP contribution is 2.15. The maximum Gasteiger partial charge on any atom is 0.328 e. The van der Waals surface area contributed by atoms with Gasteiger partial charge < -0.3 is 5.11 Å². The van der Waals surface area contributed by atoms with Crippen molar-refractivity contribution in [2.24, 2.45) is 0 Å². The molecule has 1 rings (SSSR count). The lowest BCUT2D eigenvalue weighted by Gasteiger charge is -2.27. The maximum atomic E-state index is 13.6. The van der Waals surface area contributed by atoms with Gasteiger partial charge in [0.2, 0.25) is 0 Å². The predicted molar refractivity (Wildman–Crippen MR) is 78.9 cm³/mol. The molecule has 0 saturated heterocycles. The minimum atomic E-state index is -1.04. The molecule has 0 aromatic heterocycles. The van der Waals surface area contributed by atoms with Gasteiger partial charge in [0.15, 0.2) is 0 Å². The van der Waals surface area contributed by atoms with E-state index in [4.69, 9.17) is 5.11 Å². The highest BCUT2D eigenvalue weighted by Gasteiger charge is 2.11. The minimum Gasteiger partial charge on any atom is -0.478 e. The molecule has 0 aliphatic rings. The molecule has 0 fully saturated rings. The van der Waals surface area contributed by atoms with Crippen LogP contribution < -0.4 is 0 Å². The molecule has 0 spiro atoms. The van der Waals surface area contributed by atoms with E-state index in [1.54, 1.807) is 0 Å². The lowest BCUT2D eigenvalue weighted by atomic mass is 10.1. The standard InChI is InChI=1S/C16H22FNO2/c1-4-12(3)18(5-2)11-14-8-13(6-7-16(19)20)9-15(17)10-14/h6-10,12H,4-5,11H2,1-3H3,(H,19,20). The van der Waals surface area contributed by atoms with E-state index in [0.29, 0.717) is 18.2 Å². The van der Waals surface area contributed by atoms with Gasteiger partial charge in [-0.1, -0.05) is 19.9 Å². The van der Waals surface area contributed by atoms with Crippen LogP contribution in [0.4, 0.5) is 4.39 Å². The number of benzene rings is 1. The smallest absolute Gasteiger partial charge is 0.328 e. The average molecular weight is 279 g/mol. The third-order valence-corrected chi connectivity index (χ3v) is 3.40. The number of rotatable bonds is 7. The number of aliphatic carboxylic acids is 1. The summed E-state index contributed by atoms with van der Waals surface area (Å²) in [5.41, 5.74) is 1.43. The molecule has 1 atom stereocenters. The molecule has 0 aliphatic carbocycles. The van der Waals surface area contributed by atoms with Crippen LogP contribution in [0.15, 0.2) is 24.3 Å². The number of hydrogen-bond donors (Lipinski definition) is 1. The zero-order valence-electron chi connectivity index (χ0n) is 12.3. The molecule has 3 nitrogen and oxygen atoms in total. The molecule has 0 saturated carbocycles. The first kappa shape index (κ1) is 16.4. The normalized spacial score (nSPS) is 13.1. The van der Waals surface area contributed by atoms with E-state index in [0.717, 1.165) is 24.6 Å². The lowest BCUT2D eigenvalue weighted by molar-refractivity contribution is -0.131. The summed E-state index contributed by atoms with van der Waals surface area (Å²) in [5.74, 6) is -1.38. The molecule has 0 radical (unpaired) electrons. The quantitative estimate of drug-likeness (QED) is 0.776. The van der Waals surface area contributed by atoms with E-state index in [2.05, 4.69) is 25.7 Å². The van der Waals surface area contributed by atoms with Crippen LogP contribution in [0.25, 0.3) is 6.08 Å². The van der Waals surface area contributed by atoms with Crippen LogP contribution in [0.5, 0.6) is 0 Å². The highest BCUT2D eigenvalue weighted by molar-refractivity contribution is 5.85. The molecule has 0 amide bonds. The monoisotopic (exact) mass is 279 g/mol. The molecule has 1 N–H and O–H groups in total. The van der Waals surface area contributed by atoms with Gasteiger partial charge in [-0.3, -0.25) is 4.90 Å².